The van der Waals surface area contributed by atoms with Crippen molar-refractivity contribution in [3.05, 3.63) is 47.5 Å². The summed E-state index contributed by atoms with van der Waals surface area (Å²) >= 11 is 0. The van der Waals surface area contributed by atoms with E-state index in [0.717, 1.165) is 19.3 Å². The fourth-order valence-electron chi connectivity index (χ4n) is 3.30. The average molecular weight is 327 g/mol. The molecule has 2 N–H and O–H groups in total. The lowest BCUT2D eigenvalue weighted by Crippen LogP contribution is -2.39. The summed E-state index contributed by atoms with van der Waals surface area (Å²) in [6.45, 7) is 4.86. The summed E-state index contributed by atoms with van der Waals surface area (Å²) in [5, 5.41) is 10.2. The van der Waals surface area contributed by atoms with Gasteiger partial charge in [0.2, 0.25) is 0 Å². The molecule has 1 aromatic heterocycles. The molecular formula is C18H25N5O. The summed E-state index contributed by atoms with van der Waals surface area (Å²) in [6, 6.07) is 8.25. The van der Waals surface area contributed by atoms with Crippen LogP contribution < -0.4 is 10.6 Å². The number of fused-ring (bicyclic) bond motifs is 1. The van der Waals surface area contributed by atoms with Crippen molar-refractivity contribution in [3.8, 4) is 0 Å². The van der Waals surface area contributed by atoms with Gasteiger partial charge in [0.05, 0.1) is 12.6 Å². The van der Waals surface area contributed by atoms with Gasteiger partial charge >= 0.3 is 6.03 Å². The summed E-state index contributed by atoms with van der Waals surface area (Å²) in [4.78, 5) is 16.5. The van der Waals surface area contributed by atoms with Crippen LogP contribution >= 0.6 is 0 Å². The number of aromatic nitrogens is 3. The molecule has 1 aliphatic rings. The lowest BCUT2D eigenvalue weighted by Gasteiger charge is -2.27. The van der Waals surface area contributed by atoms with Crippen LogP contribution in [-0.4, -0.2) is 20.8 Å². The molecule has 0 fully saturated rings. The number of hydrogen-bond acceptors (Lipinski definition) is 3. The highest BCUT2D eigenvalue weighted by Gasteiger charge is 2.30. The van der Waals surface area contributed by atoms with E-state index < -0.39 is 0 Å². The first-order valence-electron chi connectivity index (χ1n) is 8.40. The van der Waals surface area contributed by atoms with Crippen LogP contribution in [0, 0.1) is 5.41 Å². The van der Waals surface area contributed by atoms with Crippen LogP contribution in [0.2, 0.25) is 0 Å². The van der Waals surface area contributed by atoms with E-state index in [-0.39, 0.29) is 17.5 Å². The van der Waals surface area contributed by atoms with Crippen LogP contribution in [0.1, 0.15) is 49.7 Å². The lowest BCUT2D eigenvalue weighted by atomic mass is 9.83. The molecule has 6 heteroatoms. The molecule has 2 aromatic rings. The van der Waals surface area contributed by atoms with E-state index in [0.29, 0.717) is 12.4 Å². The quantitative estimate of drug-likeness (QED) is 0.852. The molecule has 24 heavy (non-hydrogen) atoms. The Morgan fingerprint density at radius 3 is 2.92 bits per heavy atom. The smallest absolute Gasteiger partial charge is 0.315 e. The van der Waals surface area contributed by atoms with E-state index >= 15 is 0 Å². The van der Waals surface area contributed by atoms with E-state index in [1.165, 1.54) is 11.1 Å². The van der Waals surface area contributed by atoms with Crippen molar-refractivity contribution >= 4 is 6.03 Å². The van der Waals surface area contributed by atoms with Crippen molar-refractivity contribution in [1.29, 1.82) is 0 Å². The van der Waals surface area contributed by atoms with Crippen LogP contribution in [0.4, 0.5) is 4.79 Å². The first-order chi connectivity index (χ1) is 11.4. The molecule has 1 aliphatic carbocycles. The highest BCUT2D eigenvalue weighted by Crippen LogP contribution is 2.39. The maximum atomic E-state index is 12.3. The predicted octanol–water partition coefficient (Wildman–Crippen LogP) is 2.72. The number of carbonyl (C=O) groups is 1. The monoisotopic (exact) mass is 327 g/mol. The van der Waals surface area contributed by atoms with Gasteiger partial charge < -0.3 is 10.6 Å². The third-order valence-corrected chi connectivity index (χ3v) is 4.62. The number of nitrogens with zero attached hydrogens (tertiary/aromatic N) is 3. The van der Waals surface area contributed by atoms with Crippen LogP contribution in [0.25, 0.3) is 0 Å². The molecule has 1 atom stereocenters. The summed E-state index contributed by atoms with van der Waals surface area (Å²) in [5.41, 5.74) is 2.76. The van der Waals surface area contributed by atoms with Gasteiger partial charge in [-0.15, -0.1) is 0 Å². The molecule has 128 valence electrons. The highest BCUT2D eigenvalue weighted by atomic mass is 16.2. The Morgan fingerprint density at radius 1 is 1.38 bits per heavy atom. The summed E-state index contributed by atoms with van der Waals surface area (Å²) in [6.07, 6.45) is 4.74. The van der Waals surface area contributed by atoms with Crippen molar-refractivity contribution in [2.75, 3.05) is 0 Å². The van der Waals surface area contributed by atoms with Crippen molar-refractivity contribution < 1.29 is 4.79 Å². The number of aryl methyl sites for hydroxylation is 2. The maximum absolute atomic E-state index is 12.3. The summed E-state index contributed by atoms with van der Waals surface area (Å²) in [7, 11) is 1.81. The number of hydrogen-bond donors (Lipinski definition) is 2. The Labute approximate surface area is 142 Å². The number of rotatable bonds is 3. The Morgan fingerprint density at radius 2 is 2.17 bits per heavy atom. The molecule has 0 saturated carbocycles. The molecule has 3 rings (SSSR count). The van der Waals surface area contributed by atoms with Crippen LogP contribution in [0.3, 0.4) is 0 Å². The zero-order valence-corrected chi connectivity index (χ0v) is 14.5. The van der Waals surface area contributed by atoms with Gasteiger partial charge in [0.15, 0.2) is 5.82 Å². The fourth-order valence-corrected chi connectivity index (χ4v) is 3.30. The Balaban J connectivity index is 1.68. The highest BCUT2D eigenvalue weighted by molar-refractivity contribution is 5.74. The largest absolute Gasteiger partial charge is 0.331 e. The Kier molecular flexibility index (Phi) is 4.55. The molecule has 0 radical (unpaired) electrons. The number of urea groups is 1. The van der Waals surface area contributed by atoms with Gasteiger partial charge in [0, 0.05) is 7.05 Å². The van der Waals surface area contributed by atoms with Crippen molar-refractivity contribution in [2.45, 2.75) is 45.7 Å². The molecule has 0 saturated heterocycles. The summed E-state index contributed by atoms with van der Waals surface area (Å²) < 4.78 is 1.62. The van der Waals surface area contributed by atoms with E-state index in [1.54, 1.807) is 18.1 Å². The average Bonchev–Trinajstić information content (AvgIpc) is 2.90. The van der Waals surface area contributed by atoms with Gasteiger partial charge in [0.1, 0.15) is 6.33 Å². The van der Waals surface area contributed by atoms with Gasteiger partial charge in [0.25, 0.3) is 0 Å². The summed E-state index contributed by atoms with van der Waals surface area (Å²) in [5.74, 6) is 0.606. The molecule has 1 aromatic carbocycles. The van der Waals surface area contributed by atoms with Gasteiger partial charge in [-0.1, -0.05) is 38.1 Å². The number of carbonyl (C=O) groups excluding carboxylic acids is 1. The van der Waals surface area contributed by atoms with Crippen molar-refractivity contribution in [2.24, 2.45) is 12.5 Å². The minimum Gasteiger partial charge on any atom is -0.331 e. The van der Waals surface area contributed by atoms with Gasteiger partial charge in [-0.05, 0) is 35.8 Å². The topological polar surface area (TPSA) is 71.8 Å². The third-order valence-electron chi connectivity index (χ3n) is 4.62. The van der Waals surface area contributed by atoms with Crippen LogP contribution in [0.15, 0.2) is 30.6 Å². The number of nitrogens with one attached hydrogen (secondary N) is 2. The molecule has 0 bridgehead atoms. The normalized spacial score (nSPS) is 19.2. The van der Waals surface area contributed by atoms with Crippen molar-refractivity contribution in [3.63, 3.8) is 0 Å². The predicted molar refractivity (Wildman–Crippen MR) is 92.3 cm³/mol. The number of amides is 2. The fraction of sp³-hybridized carbons (Fsp3) is 0.500. The van der Waals surface area contributed by atoms with E-state index in [4.69, 9.17) is 0 Å². The molecule has 1 heterocycles. The second-order valence-corrected chi connectivity index (χ2v) is 7.28. The standard InChI is InChI=1S/C18H25N5O/c1-18(2)9-8-13-6-4-5-7-14(13)15(10-18)21-17(24)19-11-16-20-12-23(3)22-16/h4-7,12,15H,8-11H2,1-3H3,(H2,19,21,24). The first-order valence-corrected chi connectivity index (χ1v) is 8.40. The molecule has 2 amide bonds. The van der Waals surface area contributed by atoms with E-state index in [9.17, 15) is 4.79 Å². The zero-order chi connectivity index (χ0) is 17.2. The second-order valence-electron chi connectivity index (χ2n) is 7.28. The van der Waals surface area contributed by atoms with Crippen LogP contribution in [-0.2, 0) is 20.0 Å². The molecular weight excluding hydrogens is 302 g/mol. The Bertz CT molecular complexity index is 722. The van der Waals surface area contributed by atoms with Crippen molar-refractivity contribution in [1.82, 2.24) is 25.4 Å². The molecule has 1 unspecified atom stereocenters. The minimum absolute atomic E-state index is 0.0235. The molecule has 0 aliphatic heterocycles. The van der Waals surface area contributed by atoms with Crippen LogP contribution in [0.5, 0.6) is 0 Å². The SMILES string of the molecule is Cn1cnc(CNC(=O)NC2CC(C)(C)CCc3ccccc32)n1. The maximum Gasteiger partial charge on any atom is 0.315 e. The zero-order valence-electron chi connectivity index (χ0n) is 14.5. The molecule has 6 nitrogen and oxygen atoms in total. The lowest BCUT2D eigenvalue weighted by molar-refractivity contribution is 0.226. The first kappa shape index (κ1) is 16.5. The van der Waals surface area contributed by atoms with E-state index in [2.05, 4.69) is 52.8 Å². The van der Waals surface area contributed by atoms with Gasteiger partial charge in [-0.25, -0.2) is 9.78 Å². The van der Waals surface area contributed by atoms with Gasteiger partial charge in [-0.2, -0.15) is 5.10 Å². The minimum atomic E-state index is -0.181. The van der Waals surface area contributed by atoms with E-state index in [1.807, 2.05) is 6.07 Å². The number of benzene rings is 1. The third kappa shape index (κ3) is 3.93. The van der Waals surface area contributed by atoms with Gasteiger partial charge in [-0.3, -0.25) is 4.68 Å². The second kappa shape index (κ2) is 6.63. The Hall–Kier alpha value is -2.37. The molecule has 0 spiro atoms.